The van der Waals surface area contributed by atoms with Crippen LogP contribution in [-0.2, 0) is 0 Å². The van der Waals surface area contributed by atoms with Gasteiger partial charge in [-0.15, -0.1) is 0 Å². The van der Waals surface area contributed by atoms with E-state index in [2.05, 4.69) is 45.8 Å². The first-order chi connectivity index (χ1) is 15.7. The Balaban J connectivity index is 1.35. The summed E-state index contributed by atoms with van der Waals surface area (Å²) >= 11 is 0. The third-order valence-electron chi connectivity index (χ3n) is 5.75. The average molecular weight is 418 g/mol. The molecule has 4 nitrogen and oxygen atoms in total. The number of aromatic amines is 1. The van der Waals surface area contributed by atoms with Crippen LogP contribution in [-0.4, -0.2) is 16.1 Å². The fourth-order valence-electron chi connectivity index (χ4n) is 3.97. The molecule has 1 heterocycles. The molecule has 0 saturated heterocycles. The summed E-state index contributed by atoms with van der Waals surface area (Å²) in [6.45, 7) is 1.99. The third kappa shape index (κ3) is 3.91. The van der Waals surface area contributed by atoms with E-state index >= 15 is 0 Å². The SMILES string of the molecule is C[C@@H](NC(=O)c1ccc(-c2cc(-c3cccc4ccccc34)[nH]n2)cc1)c1ccccc1. The van der Waals surface area contributed by atoms with Crippen molar-refractivity contribution >= 4 is 16.7 Å². The molecule has 32 heavy (non-hydrogen) atoms. The molecule has 1 amide bonds. The lowest BCUT2D eigenvalue weighted by Gasteiger charge is -2.14. The quantitative estimate of drug-likeness (QED) is 0.348. The largest absolute Gasteiger partial charge is 0.346 e. The molecule has 5 rings (SSSR count). The van der Waals surface area contributed by atoms with Crippen molar-refractivity contribution in [1.29, 1.82) is 0 Å². The van der Waals surface area contributed by atoms with Crippen LogP contribution in [0.15, 0.2) is 103 Å². The first-order valence-corrected chi connectivity index (χ1v) is 10.7. The normalized spacial score (nSPS) is 11.9. The van der Waals surface area contributed by atoms with Gasteiger partial charge in [0.25, 0.3) is 5.91 Å². The predicted molar refractivity (Wildman–Crippen MR) is 129 cm³/mol. The number of carbonyl (C=O) groups is 1. The second-order valence-electron chi connectivity index (χ2n) is 7.88. The Labute approximate surface area is 186 Å². The van der Waals surface area contributed by atoms with E-state index in [9.17, 15) is 4.79 Å². The Morgan fingerprint density at radius 3 is 2.38 bits per heavy atom. The van der Waals surface area contributed by atoms with Crippen molar-refractivity contribution in [2.75, 3.05) is 0 Å². The molecule has 0 aliphatic carbocycles. The first-order valence-electron chi connectivity index (χ1n) is 10.7. The van der Waals surface area contributed by atoms with Crippen molar-refractivity contribution in [1.82, 2.24) is 15.5 Å². The summed E-state index contributed by atoms with van der Waals surface area (Å²) in [6.07, 6.45) is 0. The minimum absolute atomic E-state index is 0.0574. The van der Waals surface area contributed by atoms with Crippen LogP contribution in [0.2, 0.25) is 0 Å². The number of H-pyrrole nitrogens is 1. The van der Waals surface area contributed by atoms with Gasteiger partial charge in [-0.2, -0.15) is 5.10 Å². The highest BCUT2D eigenvalue weighted by Gasteiger charge is 2.13. The van der Waals surface area contributed by atoms with Crippen molar-refractivity contribution < 1.29 is 4.79 Å². The van der Waals surface area contributed by atoms with Crippen LogP contribution in [0.5, 0.6) is 0 Å². The lowest BCUT2D eigenvalue weighted by atomic mass is 10.0. The summed E-state index contributed by atoms with van der Waals surface area (Å²) in [6, 6.07) is 34.1. The number of benzene rings is 4. The van der Waals surface area contributed by atoms with Gasteiger partial charge in [0, 0.05) is 16.7 Å². The van der Waals surface area contributed by atoms with Gasteiger partial charge in [-0.25, -0.2) is 0 Å². The van der Waals surface area contributed by atoms with E-state index in [1.54, 1.807) is 0 Å². The first kappa shape index (κ1) is 19.8. The van der Waals surface area contributed by atoms with E-state index in [1.165, 1.54) is 10.8 Å². The molecular formula is C28H23N3O. The summed E-state index contributed by atoms with van der Waals surface area (Å²) in [5.74, 6) is -0.0913. The molecular weight excluding hydrogens is 394 g/mol. The van der Waals surface area contributed by atoms with Crippen LogP contribution in [0.4, 0.5) is 0 Å². The van der Waals surface area contributed by atoms with Crippen LogP contribution in [0.1, 0.15) is 28.9 Å². The predicted octanol–water partition coefficient (Wildman–Crippen LogP) is 6.39. The fourth-order valence-corrected chi connectivity index (χ4v) is 3.97. The maximum absolute atomic E-state index is 12.7. The Bertz CT molecular complexity index is 1370. The minimum atomic E-state index is -0.0913. The Hall–Kier alpha value is -4.18. The maximum atomic E-state index is 12.7. The highest BCUT2D eigenvalue weighted by Crippen LogP contribution is 2.30. The molecule has 5 aromatic rings. The number of hydrogen-bond acceptors (Lipinski definition) is 2. The Kier molecular flexibility index (Phi) is 5.26. The van der Waals surface area contributed by atoms with Gasteiger partial charge in [0.05, 0.1) is 17.4 Å². The van der Waals surface area contributed by atoms with Gasteiger partial charge >= 0.3 is 0 Å². The van der Waals surface area contributed by atoms with E-state index < -0.39 is 0 Å². The van der Waals surface area contributed by atoms with Crippen LogP contribution in [0.3, 0.4) is 0 Å². The van der Waals surface area contributed by atoms with Gasteiger partial charge in [0.2, 0.25) is 0 Å². The van der Waals surface area contributed by atoms with Gasteiger partial charge in [-0.1, -0.05) is 84.9 Å². The van der Waals surface area contributed by atoms with Crippen molar-refractivity contribution in [3.8, 4) is 22.5 Å². The van der Waals surface area contributed by atoms with Gasteiger partial charge < -0.3 is 5.32 Å². The van der Waals surface area contributed by atoms with Crippen molar-refractivity contribution in [2.24, 2.45) is 0 Å². The zero-order valence-corrected chi connectivity index (χ0v) is 17.7. The molecule has 0 aliphatic rings. The number of hydrogen-bond donors (Lipinski definition) is 2. The second-order valence-corrected chi connectivity index (χ2v) is 7.88. The number of nitrogens with one attached hydrogen (secondary N) is 2. The summed E-state index contributed by atoms with van der Waals surface area (Å²) in [5.41, 5.74) is 5.59. The number of aromatic nitrogens is 2. The van der Waals surface area contributed by atoms with Crippen LogP contribution in [0.25, 0.3) is 33.3 Å². The number of fused-ring (bicyclic) bond motifs is 1. The minimum Gasteiger partial charge on any atom is -0.346 e. The average Bonchev–Trinajstić information content (AvgIpc) is 3.34. The number of amides is 1. The zero-order valence-electron chi connectivity index (χ0n) is 17.7. The highest BCUT2D eigenvalue weighted by molar-refractivity contribution is 5.96. The van der Waals surface area contributed by atoms with Crippen molar-refractivity contribution in [3.63, 3.8) is 0 Å². The smallest absolute Gasteiger partial charge is 0.251 e. The van der Waals surface area contributed by atoms with Crippen molar-refractivity contribution in [2.45, 2.75) is 13.0 Å². The Morgan fingerprint density at radius 2 is 1.56 bits per heavy atom. The molecule has 0 aliphatic heterocycles. The molecule has 0 saturated carbocycles. The van der Waals surface area contributed by atoms with E-state index in [0.29, 0.717) is 5.56 Å². The van der Waals surface area contributed by atoms with E-state index in [-0.39, 0.29) is 11.9 Å². The molecule has 0 spiro atoms. The molecule has 1 aromatic heterocycles. The van der Waals surface area contributed by atoms with Crippen molar-refractivity contribution in [3.05, 3.63) is 114 Å². The fraction of sp³-hybridized carbons (Fsp3) is 0.0714. The summed E-state index contributed by atoms with van der Waals surface area (Å²) in [7, 11) is 0. The second kappa shape index (κ2) is 8.52. The Morgan fingerprint density at radius 1 is 0.844 bits per heavy atom. The van der Waals surface area contributed by atoms with Crippen LogP contribution < -0.4 is 5.32 Å². The van der Waals surface area contributed by atoms with Gasteiger partial charge in [-0.05, 0) is 41.5 Å². The molecule has 4 aromatic carbocycles. The van der Waals surface area contributed by atoms with Gasteiger partial charge in [0.15, 0.2) is 0 Å². The lowest BCUT2D eigenvalue weighted by Crippen LogP contribution is -2.26. The molecule has 0 bridgehead atoms. The summed E-state index contributed by atoms with van der Waals surface area (Å²) < 4.78 is 0. The highest BCUT2D eigenvalue weighted by atomic mass is 16.1. The third-order valence-corrected chi connectivity index (χ3v) is 5.75. The molecule has 0 fully saturated rings. The monoisotopic (exact) mass is 417 g/mol. The van der Waals surface area contributed by atoms with Crippen LogP contribution in [0, 0.1) is 0 Å². The van der Waals surface area contributed by atoms with E-state index in [4.69, 9.17) is 0 Å². The molecule has 0 radical (unpaired) electrons. The standard InChI is InChI=1S/C28H23N3O/c1-19(20-8-3-2-4-9-20)29-28(32)23-16-14-22(15-17-23)26-18-27(31-30-26)25-13-7-11-21-10-5-6-12-24(21)25/h2-19H,1H3,(H,29,32)(H,30,31)/t19-/m1/s1. The van der Waals surface area contributed by atoms with Crippen LogP contribution >= 0.6 is 0 Å². The number of rotatable bonds is 5. The van der Waals surface area contributed by atoms with Gasteiger partial charge in [0.1, 0.15) is 0 Å². The zero-order chi connectivity index (χ0) is 21.9. The molecule has 156 valence electrons. The molecule has 2 N–H and O–H groups in total. The topological polar surface area (TPSA) is 57.8 Å². The lowest BCUT2D eigenvalue weighted by molar-refractivity contribution is 0.0940. The number of nitrogens with zero attached hydrogens (tertiary/aromatic N) is 1. The molecule has 4 heteroatoms. The summed E-state index contributed by atoms with van der Waals surface area (Å²) in [4.78, 5) is 12.7. The van der Waals surface area contributed by atoms with E-state index in [0.717, 1.165) is 28.1 Å². The van der Waals surface area contributed by atoms with Gasteiger partial charge in [-0.3, -0.25) is 9.89 Å². The maximum Gasteiger partial charge on any atom is 0.251 e. The number of carbonyl (C=O) groups excluding carboxylic acids is 1. The summed E-state index contributed by atoms with van der Waals surface area (Å²) in [5, 5.41) is 13.1. The van der Waals surface area contributed by atoms with E-state index in [1.807, 2.05) is 79.7 Å². The molecule has 1 atom stereocenters. The molecule has 0 unspecified atom stereocenters.